The third-order valence-corrected chi connectivity index (χ3v) is 10.4. The minimum Gasteiger partial charge on any atom is -0.379 e. The topological polar surface area (TPSA) is 137 Å². The number of amides is 2. The number of hydrogen-bond donors (Lipinski definition) is 2. The van der Waals surface area contributed by atoms with Gasteiger partial charge < -0.3 is 20.7 Å². The van der Waals surface area contributed by atoms with Gasteiger partial charge in [0.15, 0.2) is 15.5 Å². The molecule has 0 bridgehead atoms. The van der Waals surface area contributed by atoms with Gasteiger partial charge in [0.05, 0.1) is 22.7 Å². The van der Waals surface area contributed by atoms with Crippen LogP contribution in [0.1, 0.15) is 58.8 Å². The highest BCUT2D eigenvalue weighted by molar-refractivity contribution is 7.94. The van der Waals surface area contributed by atoms with Crippen LogP contribution in [0.15, 0.2) is 24.3 Å². The second-order valence-corrected chi connectivity index (χ2v) is 13.4. The first-order valence-electron chi connectivity index (χ1n) is 12.3. The van der Waals surface area contributed by atoms with Gasteiger partial charge >= 0.3 is 0 Å². The van der Waals surface area contributed by atoms with Crippen molar-refractivity contribution in [1.82, 2.24) is 20.0 Å². The molecule has 0 spiro atoms. The molecular weight excluding hydrogens is 501 g/mol. The summed E-state index contributed by atoms with van der Waals surface area (Å²) in [6.07, 6.45) is 1.34. The van der Waals surface area contributed by atoms with E-state index in [-0.39, 0.29) is 56.0 Å². The molecule has 0 radical (unpaired) electrons. The number of carbonyl (C=O) groups excluding carboxylic acids is 2. The highest BCUT2D eigenvalue weighted by atomic mass is 32.2. The lowest BCUT2D eigenvalue weighted by molar-refractivity contribution is 0.0723. The molecule has 2 aromatic rings. The highest BCUT2D eigenvalue weighted by Crippen LogP contribution is 2.49. The van der Waals surface area contributed by atoms with Crippen LogP contribution in [0.2, 0.25) is 0 Å². The molecule has 202 valence electrons. The van der Waals surface area contributed by atoms with Gasteiger partial charge in [-0.1, -0.05) is 12.1 Å². The van der Waals surface area contributed by atoms with E-state index in [0.29, 0.717) is 31.4 Å². The van der Waals surface area contributed by atoms with Gasteiger partial charge in [-0.25, -0.2) is 12.8 Å². The fraction of sp³-hybridized carbons (Fsp3) is 0.560. The minimum atomic E-state index is -3.63. The molecule has 1 saturated carbocycles. The summed E-state index contributed by atoms with van der Waals surface area (Å²) in [7, 11) is -2.04. The quantitative estimate of drug-likeness (QED) is 0.413. The normalized spacial score (nSPS) is 17.0. The molecule has 0 saturated heterocycles. The van der Waals surface area contributed by atoms with Crippen molar-refractivity contribution in [3.63, 3.8) is 0 Å². The fourth-order valence-electron chi connectivity index (χ4n) is 4.84. The maximum absolute atomic E-state index is 13.6. The standard InChI is InChI=1S/C25H34FN5O5S/c1-24(2,16-36-13-11-27)37(34,35)25(9-10-25)15-31-12-8-19-20(29-30(3)21(19)23(31)33)22(32)28-14-17-4-6-18(26)7-5-17/h4-7H,8-16,27H2,1-3H3,(H,28,32). The van der Waals surface area contributed by atoms with Crippen molar-refractivity contribution >= 4 is 21.7 Å². The Bertz CT molecular complexity index is 1290. The van der Waals surface area contributed by atoms with Gasteiger partial charge in [-0.05, 0) is 50.8 Å². The van der Waals surface area contributed by atoms with Crippen LogP contribution in [0, 0.1) is 5.82 Å². The Morgan fingerprint density at radius 1 is 1.27 bits per heavy atom. The molecule has 3 N–H and O–H groups in total. The van der Waals surface area contributed by atoms with Gasteiger partial charge in [-0.15, -0.1) is 0 Å². The summed E-state index contributed by atoms with van der Waals surface area (Å²) in [4.78, 5) is 27.9. The number of sulfone groups is 1. The lowest BCUT2D eigenvalue weighted by atomic mass is 10.0. The van der Waals surface area contributed by atoms with Gasteiger partial charge in [0.25, 0.3) is 11.8 Å². The van der Waals surface area contributed by atoms with E-state index < -0.39 is 25.2 Å². The second kappa shape index (κ2) is 10.1. The molecule has 1 aromatic carbocycles. The van der Waals surface area contributed by atoms with Crippen molar-refractivity contribution in [3.8, 4) is 0 Å². The number of ether oxygens (including phenoxy) is 1. The molecule has 0 atom stereocenters. The van der Waals surface area contributed by atoms with Gasteiger partial charge in [0.1, 0.15) is 11.5 Å². The Morgan fingerprint density at radius 2 is 1.95 bits per heavy atom. The summed E-state index contributed by atoms with van der Waals surface area (Å²) in [5.74, 6) is -1.13. The average Bonchev–Trinajstić information content (AvgIpc) is 3.56. The molecule has 10 nitrogen and oxygen atoms in total. The zero-order valence-electron chi connectivity index (χ0n) is 21.4. The van der Waals surface area contributed by atoms with E-state index in [1.165, 1.54) is 16.8 Å². The Balaban J connectivity index is 1.47. The van der Waals surface area contributed by atoms with E-state index in [9.17, 15) is 22.4 Å². The monoisotopic (exact) mass is 535 g/mol. The number of fused-ring (bicyclic) bond motifs is 1. The maximum Gasteiger partial charge on any atom is 0.272 e. The van der Waals surface area contributed by atoms with Crippen molar-refractivity contribution in [2.45, 2.75) is 49.1 Å². The smallest absolute Gasteiger partial charge is 0.272 e. The van der Waals surface area contributed by atoms with Crippen LogP contribution in [0.4, 0.5) is 4.39 Å². The number of benzene rings is 1. The third-order valence-electron chi connectivity index (χ3n) is 7.14. The molecule has 4 rings (SSSR count). The van der Waals surface area contributed by atoms with Crippen molar-refractivity contribution in [2.24, 2.45) is 12.8 Å². The molecule has 2 amide bonds. The predicted molar refractivity (Wildman–Crippen MR) is 135 cm³/mol. The summed E-state index contributed by atoms with van der Waals surface area (Å²) >= 11 is 0. The van der Waals surface area contributed by atoms with Crippen LogP contribution in [-0.2, 0) is 34.6 Å². The SMILES string of the molecule is Cn1nc(C(=O)NCc2ccc(F)cc2)c2c1C(=O)N(CC1(S(=O)(=O)C(C)(C)COCCN)CC1)CC2. The average molecular weight is 536 g/mol. The van der Waals surface area contributed by atoms with E-state index in [0.717, 1.165) is 5.56 Å². The summed E-state index contributed by atoms with van der Waals surface area (Å²) in [6.45, 7) is 4.48. The van der Waals surface area contributed by atoms with Crippen LogP contribution in [0.25, 0.3) is 0 Å². The second-order valence-electron chi connectivity index (χ2n) is 10.4. The minimum absolute atomic E-state index is 0.0322. The molecule has 37 heavy (non-hydrogen) atoms. The lowest BCUT2D eigenvalue weighted by Crippen LogP contribution is -2.52. The highest BCUT2D eigenvalue weighted by Gasteiger charge is 2.61. The van der Waals surface area contributed by atoms with Gasteiger partial charge in [0, 0.05) is 38.8 Å². The lowest BCUT2D eigenvalue weighted by Gasteiger charge is -2.35. The number of halogens is 1. The molecule has 1 fully saturated rings. The Morgan fingerprint density at radius 3 is 2.57 bits per heavy atom. The molecule has 1 aromatic heterocycles. The van der Waals surface area contributed by atoms with E-state index in [1.54, 1.807) is 37.9 Å². The zero-order chi connectivity index (χ0) is 27.0. The number of aryl methyl sites for hydroxylation is 1. The van der Waals surface area contributed by atoms with Crippen molar-refractivity contribution in [2.75, 3.05) is 32.8 Å². The maximum atomic E-state index is 13.6. The van der Waals surface area contributed by atoms with E-state index in [1.807, 2.05) is 0 Å². The first-order valence-corrected chi connectivity index (χ1v) is 13.8. The van der Waals surface area contributed by atoms with Gasteiger partial charge in [0.2, 0.25) is 0 Å². The van der Waals surface area contributed by atoms with Crippen LogP contribution >= 0.6 is 0 Å². The third kappa shape index (κ3) is 5.14. The molecule has 2 aliphatic rings. The first-order chi connectivity index (χ1) is 17.4. The van der Waals surface area contributed by atoms with E-state index >= 15 is 0 Å². The number of nitrogens with two attached hydrogens (primary N) is 1. The van der Waals surface area contributed by atoms with Crippen LogP contribution in [-0.4, -0.2) is 77.3 Å². The van der Waals surface area contributed by atoms with Crippen molar-refractivity contribution in [1.29, 1.82) is 0 Å². The summed E-state index contributed by atoms with van der Waals surface area (Å²) in [5, 5.41) is 7.07. The molecule has 12 heteroatoms. The fourth-order valence-corrected chi connectivity index (χ4v) is 7.21. The Hall–Kier alpha value is -2.83. The molecule has 1 aliphatic heterocycles. The van der Waals surface area contributed by atoms with Crippen LogP contribution < -0.4 is 11.1 Å². The Kier molecular flexibility index (Phi) is 7.46. The van der Waals surface area contributed by atoms with Gasteiger partial charge in [-0.3, -0.25) is 14.3 Å². The number of carbonyl (C=O) groups is 2. The molecule has 0 unspecified atom stereocenters. The number of hydrogen-bond acceptors (Lipinski definition) is 7. The number of aromatic nitrogens is 2. The van der Waals surface area contributed by atoms with Gasteiger partial charge in [-0.2, -0.15) is 5.10 Å². The predicted octanol–water partition coefficient (Wildman–Crippen LogP) is 1.19. The number of nitrogens with zero attached hydrogens (tertiary/aromatic N) is 3. The van der Waals surface area contributed by atoms with E-state index in [4.69, 9.17) is 10.5 Å². The largest absolute Gasteiger partial charge is 0.379 e. The number of nitrogens with one attached hydrogen (secondary N) is 1. The van der Waals surface area contributed by atoms with Crippen molar-refractivity contribution < 1.29 is 27.1 Å². The zero-order valence-corrected chi connectivity index (χ0v) is 22.2. The molecule has 2 heterocycles. The van der Waals surface area contributed by atoms with Crippen LogP contribution in [0.3, 0.4) is 0 Å². The van der Waals surface area contributed by atoms with E-state index in [2.05, 4.69) is 10.4 Å². The summed E-state index contributed by atoms with van der Waals surface area (Å²) < 4.78 is 45.0. The molecular formula is C25H34FN5O5S. The van der Waals surface area contributed by atoms with Crippen LogP contribution in [0.5, 0.6) is 0 Å². The number of rotatable bonds is 11. The Labute approximate surface area is 216 Å². The summed E-state index contributed by atoms with van der Waals surface area (Å²) in [5.41, 5.74) is 7.19. The van der Waals surface area contributed by atoms with Crippen molar-refractivity contribution in [3.05, 3.63) is 52.6 Å². The molecule has 1 aliphatic carbocycles. The first kappa shape index (κ1) is 27.2. The summed E-state index contributed by atoms with van der Waals surface area (Å²) in [6, 6.07) is 5.80.